The summed E-state index contributed by atoms with van der Waals surface area (Å²) in [4.78, 5) is 23.6. The lowest BCUT2D eigenvalue weighted by Gasteiger charge is -2.16. The first kappa shape index (κ1) is 24.8. The SMILES string of the molecule is C#C[C@H](OC(=O)Nc1c(C)noc1-c1ccc(C2C=CC(CC(=O)O)=CC2)cc1)c1ccccc1Cl. The lowest BCUT2D eigenvalue weighted by molar-refractivity contribution is -0.136. The van der Waals surface area contributed by atoms with Crippen molar-refractivity contribution in [3.63, 3.8) is 0 Å². The van der Waals surface area contributed by atoms with Crippen LogP contribution in [0.4, 0.5) is 10.5 Å². The molecule has 1 aliphatic rings. The number of carboxylic acid groups (broad SMARTS) is 1. The van der Waals surface area contributed by atoms with E-state index in [9.17, 15) is 9.59 Å². The number of halogens is 1. The average Bonchev–Trinajstić information content (AvgIpc) is 3.23. The fourth-order valence-corrected chi connectivity index (χ4v) is 4.16. The van der Waals surface area contributed by atoms with E-state index in [1.54, 1.807) is 31.2 Å². The number of nitrogens with zero attached hydrogens (tertiary/aromatic N) is 1. The van der Waals surface area contributed by atoms with Crippen LogP contribution in [0.25, 0.3) is 11.3 Å². The molecule has 36 heavy (non-hydrogen) atoms. The van der Waals surface area contributed by atoms with Gasteiger partial charge in [0.1, 0.15) is 11.4 Å². The molecule has 0 radical (unpaired) electrons. The van der Waals surface area contributed by atoms with Crippen molar-refractivity contribution in [2.75, 3.05) is 5.32 Å². The van der Waals surface area contributed by atoms with Crippen LogP contribution >= 0.6 is 11.6 Å². The molecule has 7 nitrogen and oxygen atoms in total. The Morgan fingerprint density at radius 1 is 1.28 bits per heavy atom. The van der Waals surface area contributed by atoms with Gasteiger partial charge in [-0.25, -0.2) is 4.79 Å². The number of aromatic nitrogens is 1. The third-order valence-corrected chi connectivity index (χ3v) is 6.13. The average molecular weight is 503 g/mol. The minimum Gasteiger partial charge on any atom is -0.481 e. The molecule has 0 saturated carbocycles. The van der Waals surface area contributed by atoms with Crippen molar-refractivity contribution in [1.29, 1.82) is 0 Å². The van der Waals surface area contributed by atoms with Gasteiger partial charge >= 0.3 is 12.1 Å². The minimum absolute atomic E-state index is 0.0195. The summed E-state index contributed by atoms with van der Waals surface area (Å²) in [5.41, 5.74) is 3.96. The summed E-state index contributed by atoms with van der Waals surface area (Å²) >= 11 is 6.19. The highest BCUT2D eigenvalue weighted by atomic mass is 35.5. The number of carbonyl (C=O) groups excluding carboxylic acids is 1. The fraction of sp³-hybridized carbons (Fsp3) is 0.179. The molecule has 3 aromatic rings. The Morgan fingerprint density at radius 2 is 2.03 bits per heavy atom. The number of terminal acetylenes is 1. The van der Waals surface area contributed by atoms with Gasteiger partial charge in [0, 0.05) is 22.1 Å². The quantitative estimate of drug-likeness (QED) is 0.350. The van der Waals surface area contributed by atoms with Crippen molar-refractivity contribution in [3.05, 3.63) is 94.2 Å². The van der Waals surface area contributed by atoms with Crippen LogP contribution in [0, 0.1) is 19.3 Å². The molecule has 4 rings (SSSR count). The lowest BCUT2D eigenvalue weighted by Crippen LogP contribution is -2.17. The van der Waals surface area contributed by atoms with Crippen LogP contribution in [0.15, 0.2) is 76.9 Å². The zero-order valence-corrected chi connectivity index (χ0v) is 20.2. The van der Waals surface area contributed by atoms with E-state index in [1.807, 2.05) is 42.5 Å². The first-order valence-corrected chi connectivity index (χ1v) is 11.6. The Labute approximate surface area is 213 Å². The number of benzene rings is 2. The Bertz CT molecular complexity index is 1380. The molecule has 8 heteroatoms. The van der Waals surface area contributed by atoms with Gasteiger partial charge in [-0.05, 0) is 30.5 Å². The van der Waals surface area contributed by atoms with E-state index in [1.165, 1.54) is 0 Å². The fourth-order valence-electron chi connectivity index (χ4n) is 3.93. The largest absolute Gasteiger partial charge is 0.481 e. The van der Waals surface area contributed by atoms with Gasteiger partial charge in [-0.2, -0.15) is 0 Å². The second-order valence-electron chi connectivity index (χ2n) is 8.24. The number of aryl methyl sites for hydroxylation is 1. The number of carbonyl (C=O) groups is 2. The van der Waals surface area contributed by atoms with Crippen molar-refractivity contribution in [3.8, 4) is 23.7 Å². The summed E-state index contributed by atoms with van der Waals surface area (Å²) in [6.07, 6.45) is 10.4. The number of rotatable bonds is 7. The van der Waals surface area contributed by atoms with Crippen molar-refractivity contribution in [1.82, 2.24) is 5.16 Å². The maximum absolute atomic E-state index is 12.7. The van der Waals surface area contributed by atoms with E-state index in [-0.39, 0.29) is 12.3 Å². The number of ether oxygens (including phenoxy) is 1. The molecule has 0 bridgehead atoms. The molecule has 0 aliphatic heterocycles. The maximum atomic E-state index is 12.7. The van der Waals surface area contributed by atoms with Crippen LogP contribution in [0.3, 0.4) is 0 Å². The van der Waals surface area contributed by atoms with Gasteiger partial charge in [-0.15, -0.1) is 6.42 Å². The van der Waals surface area contributed by atoms with Crippen LogP contribution < -0.4 is 5.32 Å². The van der Waals surface area contributed by atoms with E-state index in [2.05, 4.69) is 16.4 Å². The second kappa shape index (κ2) is 11.0. The predicted octanol–water partition coefficient (Wildman–Crippen LogP) is 6.67. The smallest absolute Gasteiger partial charge is 0.413 e. The predicted molar refractivity (Wildman–Crippen MR) is 137 cm³/mol. The molecule has 1 aliphatic carbocycles. The zero-order chi connectivity index (χ0) is 25.7. The minimum atomic E-state index is -0.963. The summed E-state index contributed by atoms with van der Waals surface area (Å²) in [5.74, 6) is 2.12. The van der Waals surface area contributed by atoms with Crippen LogP contribution in [0.2, 0.25) is 5.02 Å². The highest BCUT2D eigenvalue weighted by Crippen LogP contribution is 2.34. The lowest BCUT2D eigenvalue weighted by atomic mass is 9.89. The normalized spacial score (nSPS) is 15.5. The number of nitrogens with one attached hydrogen (secondary N) is 1. The number of hydrogen-bond acceptors (Lipinski definition) is 5. The Morgan fingerprint density at radius 3 is 2.67 bits per heavy atom. The molecule has 2 aromatic carbocycles. The monoisotopic (exact) mass is 502 g/mol. The Kier molecular flexibility index (Phi) is 7.57. The molecular weight excluding hydrogens is 480 g/mol. The Balaban J connectivity index is 1.46. The summed E-state index contributed by atoms with van der Waals surface area (Å²) < 4.78 is 10.9. The van der Waals surface area contributed by atoms with Crippen LogP contribution in [-0.2, 0) is 9.53 Å². The van der Waals surface area contributed by atoms with E-state index >= 15 is 0 Å². The number of anilines is 1. The Hall–Kier alpha value is -4.28. The van der Waals surface area contributed by atoms with Crippen molar-refractivity contribution < 1.29 is 24.0 Å². The molecule has 0 spiro atoms. The number of allylic oxidation sites excluding steroid dienone is 3. The first-order chi connectivity index (χ1) is 17.4. The highest BCUT2D eigenvalue weighted by molar-refractivity contribution is 6.31. The topological polar surface area (TPSA) is 102 Å². The number of aliphatic carboxylic acids is 1. The van der Waals surface area contributed by atoms with Gasteiger partial charge in [0.15, 0.2) is 11.9 Å². The molecule has 2 atom stereocenters. The summed E-state index contributed by atoms with van der Waals surface area (Å²) in [5, 5.41) is 16.0. The molecule has 1 heterocycles. The van der Waals surface area contributed by atoms with E-state index < -0.39 is 18.2 Å². The van der Waals surface area contributed by atoms with E-state index in [0.29, 0.717) is 27.7 Å². The van der Waals surface area contributed by atoms with Gasteiger partial charge < -0.3 is 14.4 Å². The summed E-state index contributed by atoms with van der Waals surface area (Å²) in [6.45, 7) is 1.71. The second-order valence-corrected chi connectivity index (χ2v) is 8.65. The molecule has 0 fully saturated rings. The van der Waals surface area contributed by atoms with E-state index in [4.69, 9.17) is 32.4 Å². The number of carboxylic acids is 1. The van der Waals surface area contributed by atoms with Crippen LogP contribution in [-0.4, -0.2) is 22.3 Å². The third kappa shape index (κ3) is 5.68. The molecule has 1 unspecified atom stereocenters. The third-order valence-electron chi connectivity index (χ3n) is 5.79. The molecular formula is C28H23ClN2O5. The zero-order valence-electron chi connectivity index (χ0n) is 19.4. The van der Waals surface area contributed by atoms with Crippen LogP contribution in [0.5, 0.6) is 0 Å². The van der Waals surface area contributed by atoms with Crippen molar-refractivity contribution in [2.45, 2.75) is 31.8 Å². The van der Waals surface area contributed by atoms with Crippen molar-refractivity contribution in [2.24, 2.45) is 0 Å². The summed E-state index contributed by atoms with van der Waals surface area (Å²) in [6, 6.07) is 14.6. The van der Waals surface area contributed by atoms with Gasteiger partial charge in [-0.1, -0.05) is 83.4 Å². The molecule has 2 N–H and O–H groups in total. The van der Waals surface area contributed by atoms with Crippen LogP contribution in [0.1, 0.15) is 41.7 Å². The van der Waals surface area contributed by atoms with Gasteiger partial charge in [-0.3, -0.25) is 10.1 Å². The van der Waals surface area contributed by atoms with E-state index in [0.717, 1.165) is 23.1 Å². The molecule has 1 aromatic heterocycles. The molecule has 0 saturated heterocycles. The molecule has 182 valence electrons. The van der Waals surface area contributed by atoms with Crippen molar-refractivity contribution >= 4 is 29.4 Å². The van der Waals surface area contributed by atoms with Gasteiger partial charge in [0.25, 0.3) is 0 Å². The summed E-state index contributed by atoms with van der Waals surface area (Å²) in [7, 11) is 0. The standard InChI is InChI=1S/C28H23ClN2O5/c1-3-24(22-6-4-5-7-23(22)29)35-28(34)30-26-17(2)31-36-27(26)21-14-12-20(13-15-21)19-10-8-18(9-11-19)16-25(32)33/h1,4-10,12-15,19,24H,11,16H2,2H3,(H,30,34)(H,32,33)/t19?,24-/m0/s1. The maximum Gasteiger partial charge on any atom is 0.413 e. The number of amides is 1. The highest BCUT2D eigenvalue weighted by Gasteiger charge is 2.22. The van der Waals surface area contributed by atoms with Gasteiger partial charge in [0.2, 0.25) is 0 Å². The van der Waals surface area contributed by atoms with Gasteiger partial charge in [0.05, 0.1) is 6.42 Å². The number of hydrogen-bond donors (Lipinski definition) is 2. The molecule has 1 amide bonds. The first-order valence-electron chi connectivity index (χ1n) is 11.2.